The zero-order valence-corrected chi connectivity index (χ0v) is 10.9. The van der Waals surface area contributed by atoms with Gasteiger partial charge in [0.25, 0.3) is 0 Å². The van der Waals surface area contributed by atoms with Gasteiger partial charge in [0, 0.05) is 23.2 Å². The van der Waals surface area contributed by atoms with Crippen LogP contribution in [0.4, 0.5) is 0 Å². The topological polar surface area (TPSA) is 55.1 Å². The Kier molecular flexibility index (Phi) is 4.39. The van der Waals surface area contributed by atoms with Crippen molar-refractivity contribution in [3.63, 3.8) is 0 Å². The molecule has 0 aliphatic heterocycles. The van der Waals surface area contributed by atoms with Crippen LogP contribution in [0.5, 0.6) is 0 Å². The summed E-state index contributed by atoms with van der Waals surface area (Å²) in [6.07, 6.45) is 6.36. The molecule has 0 radical (unpaired) electrons. The van der Waals surface area contributed by atoms with Gasteiger partial charge < -0.3 is 11.1 Å². The van der Waals surface area contributed by atoms with E-state index in [0.29, 0.717) is 5.02 Å². The number of hydrogen-bond donors (Lipinski definition) is 2. The molecular formula is C14H17ClN2O. The molecule has 1 amide bonds. The lowest BCUT2D eigenvalue weighted by atomic mass is 10.2. The summed E-state index contributed by atoms with van der Waals surface area (Å²) in [6, 6.07) is 7.55. The summed E-state index contributed by atoms with van der Waals surface area (Å²) in [4.78, 5) is 11.7. The Balaban J connectivity index is 1.88. The lowest BCUT2D eigenvalue weighted by Gasteiger charge is -2.15. The molecule has 0 bridgehead atoms. The van der Waals surface area contributed by atoms with E-state index >= 15 is 0 Å². The zero-order valence-electron chi connectivity index (χ0n) is 10.1. The van der Waals surface area contributed by atoms with Crippen LogP contribution in [0.15, 0.2) is 30.3 Å². The van der Waals surface area contributed by atoms with Gasteiger partial charge in [-0.05, 0) is 43.0 Å². The normalized spacial score (nSPS) is 23.4. The molecule has 1 aromatic carbocycles. The van der Waals surface area contributed by atoms with Gasteiger partial charge >= 0.3 is 0 Å². The van der Waals surface area contributed by atoms with Gasteiger partial charge in [0.1, 0.15) is 0 Å². The van der Waals surface area contributed by atoms with E-state index in [1.165, 1.54) is 6.08 Å². The first-order valence-corrected chi connectivity index (χ1v) is 6.52. The second kappa shape index (κ2) is 6.03. The minimum Gasteiger partial charge on any atom is -0.348 e. The highest BCUT2D eigenvalue weighted by Crippen LogP contribution is 2.17. The van der Waals surface area contributed by atoms with E-state index in [2.05, 4.69) is 5.32 Å². The first kappa shape index (κ1) is 13.1. The number of amides is 1. The summed E-state index contributed by atoms with van der Waals surface area (Å²) in [5.41, 5.74) is 6.85. The number of nitrogens with two attached hydrogens (primary N) is 1. The van der Waals surface area contributed by atoms with E-state index in [1.54, 1.807) is 18.2 Å². The van der Waals surface area contributed by atoms with E-state index < -0.39 is 0 Å². The molecule has 1 aliphatic carbocycles. The average molecular weight is 265 g/mol. The van der Waals surface area contributed by atoms with Crippen LogP contribution >= 0.6 is 11.6 Å². The molecule has 2 atom stereocenters. The van der Waals surface area contributed by atoms with Crippen molar-refractivity contribution in [2.75, 3.05) is 0 Å². The number of carbonyl (C=O) groups is 1. The first-order chi connectivity index (χ1) is 8.65. The molecule has 2 unspecified atom stereocenters. The number of hydrogen-bond acceptors (Lipinski definition) is 2. The van der Waals surface area contributed by atoms with Gasteiger partial charge in [-0.25, -0.2) is 0 Å². The number of carbonyl (C=O) groups excluding carboxylic acids is 1. The van der Waals surface area contributed by atoms with E-state index in [0.717, 1.165) is 24.8 Å². The van der Waals surface area contributed by atoms with Gasteiger partial charge in [0.2, 0.25) is 5.91 Å². The summed E-state index contributed by atoms with van der Waals surface area (Å²) in [6.45, 7) is 0. The van der Waals surface area contributed by atoms with Crippen molar-refractivity contribution in [1.82, 2.24) is 5.32 Å². The van der Waals surface area contributed by atoms with Crippen LogP contribution in [0.1, 0.15) is 24.8 Å². The largest absolute Gasteiger partial charge is 0.348 e. The van der Waals surface area contributed by atoms with Crippen molar-refractivity contribution in [3.05, 3.63) is 40.9 Å². The fraction of sp³-hybridized carbons (Fsp3) is 0.357. The van der Waals surface area contributed by atoms with Crippen LogP contribution in [0, 0.1) is 0 Å². The quantitative estimate of drug-likeness (QED) is 0.824. The molecule has 4 heteroatoms. The maximum Gasteiger partial charge on any atom is 0.244 e. The maximum absolute atomic E-state index is 11.7. The highest BCUT2D eigenvalue weighted by atomic mass is 35.5. The Morgan fingerprint density at radius 2 is 2.06 bits per heavy atom. The van der Waals surface area contributed by atoms with Crippen LogP contribution in [0.2, 0.25) is 5.02 Å². The Morgan fingerprint density at radius 3 is 2.67 bits per heavy atom. The number of nitrogens with one attached hydrogen (secondary N) is 1. The van der Waals surface area contributed by atoms with Crippen LogP contribution in [0.25, 0.3) is 6.08 Å². The van der Waals surface area contributed by atoms with Crippen molar-refractivity contribution in [2.45, 2.75) is 31.3 Å². The van der Waals surface area contributed by atoms with E-state index in [4.69, 9.17) is 17.3 Å². The summed E-state index contributed by atoms with van der Waals surface area (Å²) < 4.78 is 0. The second-order valence-corrected chi connectivity index (χ2v) is 5.03. The van der Waals surface area contributed by atoms with E-state index in [-0.39, 0.29) is 18.0 Å². The molecule has 0 heterocycles. The van der Waals surface area contributed by atoms with Crippen LogP contribution in [-0.2, 0) is 4.79 Å². The molecule has 0 aromatic heterocycles. The minimum absolute atomic E-state index is 0.0905. The molecule has 1 saturated carbocycles. The Hall–Kier alpha value is -1.32. The van der Waals surface area contributed by atoms with Crippen molar-refractivity contribution in [1.29, 1.82) is 0 Å². The Labute approximate surface area is 112 Å². The number of halogens is 1. The monoisotopic (exact) mass is 264 g/mol. The van der Waals surface area contributed by atoms with E-state index in [9.17, 15) is 4.79 Å². The molecule has 0 saturated heterocycles. The highest BCUT2D eigenvalue weighted by Gasteiger charge is 2.24. The molecule has 18 heavy (non-hydrogen) atoms. The van der Waals surface area contributed by atoms with Gasteiger partial charge in [-0.2, -0.15) is 0 Å². The summed E-state index contributed by atoms with van der Waals surface area (Å²) >= 11 is 5.79. The fourth-order valence-electron chi connectivity index (χ4n) is 2.14. The van der Waals surface area contributed by atoms with Gasteiger partial charge in [0.05, 0.1) is 0 Å². The van der Waals surface area contributed by atoms with Gasteiger partial charge in [0.15, 0.2) is 0 Å². The molecule has 1 aliphatic rings. The predicted octanol–water partition coefficient (Wildman–Crippen LogP) is 2.35. The van der Waals surface area contributed by atoms with Crippen LogP contribution < -0.4 is 11.1 Å². The second-order valence-electron chi connectivity index (χ2n) is 4.59. The third kappa shape index (κ3) is 3.59. The predicted molar refractivity (Wildman–Crippen MR) is 74.2 cm³/mol. The van der Waals surface area contributed by atoms with Crippen LogP contribution in [-0.4, -0.2) is 18.0 Å². The van der Waals surface area contributed by atoms with Crippen LogP contribution in [0.3, 0.4) is 0 Å². The highest BCUT2D eigenvalue weighted by molar-refractivity contribution is 6.30. The zero-order chi connectivity index (χ0) is 13.0. The number of rotatable bonds is 3. The van der Waals surface area contributed by atoms with E-state index in [1.807, 2.05) is 12.1 Å². The average Bonchev–Trinajstić information content (AvgIpc) is 2.74. The molecule has 96 valence electrons. The Morgan fingerprint density at radius 1 is 1.33 bits per heavy atom. The fourth-order valence-corrected chi connectivity index (χ4v) is 2.27. The molecular weight excluding hydrogens is 248 g/mol. The summed E-state index contributed by atoms with van der Waals surface area (Å²) in [5.74, 6) is -0.0905. The molecule has 1 aromatic rings. The van der Waals surface area contributed by atoms with Gasteiger partial charge in [-0.3, -0.25) is 4.79 Å². The molecule has 3 N–H and O–H groups in total. The molecule has 0 spiro atoms. The number of benzene rings is 1. The lowest BCUT2D eigenvalue weighted by molar-refractivity contribution is -0.117. The smallest absolute Gasteiger partial charge is 0.244 e. The van der Waals surface area contributed by atoms with Crippen molar-refractivity contribution in [3.8, 4) is 0 Å². The Bertz CT molecular complexity index is 442. The van der Waals surface area contributed by atoms with Crippen molar-refractivity contribution < 1.29 is 4.79 Å². The third-order valence-corrected chi connectivity index (χ3v) is 3.45. The summed E-state index contributed by atoms with van der Waals surface area (Å²) in [5, 5.41) is 3.62. The van der Waals surface area contributed by atoms with Crippen molar-refractivity contribution >= 4 is 23.6 Å². The third-order valence-electron chi connectivity index (χ3n) is 3.19. The summed E-state index contributed by atoms with van der Waals surface area (Å²) in [7, 11) is 0. The lowest BCUT2D eigenvalue weighted by Crippen LogP contribution is -2.43. The van der Waals surface area contributed by atoms with Gasteiger partial charge in [-0.1, -0.05) is 23.7 Å². The van der Waals surface area contributed by atoms with Gasteiger partial charge in [-0.15, -0.1) is 0 Å². The molecule has 2 rings (SSSR count). The first-order valence-electron chi connectivity index (χ1n) is 6.15. The SMILES string of the molecule is NC1CCCC1NC(=O)C=Cc1ccc(Cl)cc1. The molecule has 3 nitrogen and oxygen atoms in total. The maximum atomic E-state index is 11.7. The standard InChI is InChI=1S/C14H17ClN2O/c15-11-7-4-10(5-8-11)6-9-14(18)17-13-3-1-2-12(13)16/h4-9,12-13H,1-3,16H2,(H,17,18). The van der Waals surface area contributed by atoms with Crippen molar-refractivity contribution in [2.24, 2.45) is 5.73 Å². The molecule has 1 fully saturated rings. The minimum atomic E-state index is -0.0905.